The molecule has 1 unspecified atom stereocenters. The zero-order chi connectivity index (χ0) is 16.9. The average Bonchev–Trinajstić information content (AvgIpc) is 3.03. The predicted molar refractivity (Wildman–Crippen MR) is 94.4 cm³/mol. The molecule has 0 spiro atoms. The zero-order valence-electron chi connectivity index (χ0n) is 13.7. The number of hydrogen-bond donors (Lipinski definition) is 2. The van der Waals surface area contributed by atoms with Crippen molar-refractivity contribution in [3.05, 3.63) is 65.9 Å². The molecule has 2 N–H and O–H groups in total. The molecule has 0 saturated heterocycles. The number of pyridine rings is 1. The second kappa shape index (κ2) is 7.17. The van der Waals surface area contributed by atoms with Crippen molar-refractivity contribution in [2.75, 3.05) is 19.0 Å². The van der Waals surface area contributed by atoms with Crippen molar-refractivity contribution in [2.24, 2.45) is 0 Å². The first-order chi connectivity index (χ1) is 11.7. The molecule has 0 aliphatic heterocycles. The number of rotatable bonds is 6. The molecule has 3 rings (SSSR count). The minimum absolute atomic E-state index is 0.148. The number of aromatic nitrogens is 1. The van der Waals surface area contributed by atoms with Crippen LogP contribution in [0, 0.1) is 0 Å². The molecule has 24 heavy (non-hydrogen) atoms. The number of methoxy groups -OCH3 is 1. The van der Waals surface area contributed by atoms with E-state index in [4.69, 9.17) is 4.74 Å². The highest BCUT2D eigenvalue weighted by Gasteiger charge is 2.25. The fourth-order valence-electron chi connectivity index (χ4n) is 3.02. The molecule has 1 amide bonds. The van der Waals surface area contributed by atoms with Crippen LogP contribution in [0.4, 0.5) is 5.82 Å². The highest BCUT2D eigenvalue weighted by atomic mass is 16.5. The molecule has 5 nitrogen and oxygen atoms in total. The maximum Gasteiger partial charge on any atom is 0.253 e. The van der Waals surface area contributed by atoms with E-state index in [-0.39, 0.29) is 11.9 Å². The Hall–Kier alpha value is -2.82. The molecule has 1 atom stereocenters. The third kappa shape index (κ3) is 3.25. The van der Waals surface area contributed by atoms with Crippen LogP contribution in [-0.4, -0.2) is 24.5 Å². The normalized spacial score (nSPS) is 15.5. The molecule has 0 fully saturated rings. The number of nitrogens with zero attached hydrogens (tertiary/aromatic N) is 1. The van der Waals surface area contributed by atoms with Crippen LogP contribution in [0.2, 0.25) is 0 Å². The van der Waals surface area contributed by atoms with E-state index in [1.165, 1.54) is 11.1 Å². The van der Waals surface area contributed by atoms with Crippen LogP contribution in [0.25, 0.3) is 0 Å². The summed E-state index contributed by atoms with van der Waals surface area (Å²) in [6.07, 6.45) is 5.22. The lowest BCUT2D eigenvalue weighted by molar-refractivity contribution is 0.0957. The SMILES string of the molecule is C=CCNC(=O)c1ccc(NC2CCc3c(OC)cccc32)nc1. The van der Waals surface area contributed by atoms with E-state index in [1.807, 2.05) is 18.2 Å². The van der Waals surface area contributed by atoms with Crippen molar-refractivity contribution in [1.82, 2.24) is 10.3 Å². The highest BCUT2D eigenvalue weighted by molar-refractivity contribution is 5.94. The van der Waals surface area contributed by atoms with E-state index in [9.17, 15) is 4.79 Å². The van der Waals surface area contributed by atoms with Gasteiger partial charge in [-0.15, -0.1) is 6.58 Å². The Labute approximate surface area is 141 Å². The molecule has 1 aromatic heterocycles. The molecule has 124 valence electrons. The van der Waals surface area contributed by atoms with Gasteiger partial charge in [-0.25, -0.2) is 4.98 Å². The maximum absolute atomic E-state index is 11.9. The first-order valence-electron chi connectivity index (χ1n) is 8.00. The molecular formula is C19H21N3O2. The summed E-state index contributed by atoms with van der Waals surface area (Å²) in [7, 11) is 1.70. The Morgan fingerprint density at radius 3 is 3.00 bits per heavy atom. The number of amides is 1. The van der Waals surface area contributed by atoms with Gasteiger partial charge in [0.25, 0.3) is 5.91 Å². The molecule has 5 heteroatoms. The second-order valence-corrected chi connectivity index (χ2v) is 5.69. The molecule has 1 aromatic carbocycles. The van der Waals surface area contributed by atoms with Crippen molar-refractivity contribution in [1.29, 1.82) is 0 Å². The van der Waals surface area contributed by atoms with Gasteiger partial charge in [-0.1, -0.05) is 18.2 Å². The molecule has 0 saturated carbocycles. The van der Waals surface area contributed by atoms with Gasteiger partial charge >= 0.3 is 0 Å². The number of carbonyl (C=O) groups excluding carboxylic acids is 1. The van der Waals surface area contributed by atoms with Gasteiger partial charge in [-0.05, 0) is 42.2 Å². The fourth-order valence-corrected chi connectivity index (χ4v) is 3.02. The fraction of sp³-hybridized carbons (Fsp3) is 0.263. The van der Waals surface area contributed by atoms with Gasteiger partial charge in [0.2, 0.25) is 0 Å². The van der Waals surface area contributed by atoms with E-state index in [0.717, 1.165) is 24.4 Å². The summed E-state index contributed by atoms with van der Waals surface area (Å²) in [6.45, 7) is 4.02. The molecule has 1 aliphatic rings. The Kier molecular flexibility index (Phi) is 4.79. The van der Waals surface area contributed by atoms with Gasteiger partial charge in [0, 0.05) is 12.7 Å². The number of hydrogen-bond acceptors (Lipinski definition) is 4. The smallest absolute Gasteiger partial charge is 0.253 e. The van der Waals surface area contributed by atoms with Gasteiger partial charge in [-0.3, -0.25) is 4.79 Å². The summed E-state index contributed by atoms with van der Waals surface area (Å²) >= 11 is 0. The summed E-state index contributed by atoms with van der Waals surface area (Å²) in [6, 6.07) is 9.95. The summed E-state index contributed by atoms with van der Waals surface area (Å²) in [4.78, 5) is 16.2. The number of nitrogens with one attached hydrogen (secondary N) is 2. The third-order valence-electron chi connectivity index (χ3n) is 4.20. The topological polar surface area (TPSA) is 63.2 Å². The van der Waals surface area contributed by atoms with Gasteiger partial charge in [0.15, 0.2) is 0 Å². The van der Waals surface area contributed by atoms with Crippen LogP contribution < -0.4 is 15.4 Å². The molecule has 2 aromatic rings. The van der Waals surface area contributed by atoms with Gasteiger partial charge in [0.1, 0.15) is 11.6 Å². The van der Waals surface area contributed by atoms with Crippen molar-refractivity contribution in [2.45, 2.75) is 18.9 Å². The number of fused-ring (bicyclic) bond motifs is 1. The first-order valence-corrected chi connectivity index (χ1v) is 8.00. The Morgan fingerprint density at radius 2 is 2.29 bits per heavy atom. The molecule has 1 aliphatic carbocycles. The lowest BCUT2D eigenvalue weighted by Crippen LogP contribution is -2.23. The summed E-state index contributed by atoms with van der Waals surface area (Å²) < 4.78 is 5.44. The predicted octanol–water partition coefficient (Wildman–Crippen LogP) is 3.11. The van der Waals surface area contributed by atoms with Gasteiger partial charge in [0.05, 0.1) is 18.7 Å². The van der Waals surface area contributed by atoms with E-state index in [1.54, 1.807) is 25.4 Å². The molecule has 0 bridgehead atoms. The van der Waals surface area contributed by atoms with E-state index in [0.29, 0.717) is 12.1 Å². The molecular weight excluding hydrogens is 302 g/mol. The molecule has 1 heterocycles. The van der Waals surface area contributed by atoms with Crippen molar-refractivity contribution < 1.29 is 9.53 Å². The maximum atomic E-state index is 11.9. The highest BCUT2D eigenvalue weighted by Crippen LogP contribution is 2.38. The van der Waals surface area contributed by atoms with Crippen LogP contribution in [0.1, 0.15) is 33.9 Å². The monoisotopic (exact) mass is 323 g/mol. The first kappa shape index (κ1) is 16.1. The lowest BCUT2D eigenvalue weighted by atomic mass is 10.1. The van der Waals surface area contributed by atoms with Gasteiger partial charge < -0.3 is 15.4 Å². The van der Waals surface area contributed by atoms with Crippen molar-refractivity contribution >= 4 is 11.7 Å². The molecule has 0 radical (unpaired) electrons. The minimum Gasteiger partial charge on any atom is -0.496 e. The zero-order valence-corrected chi connectivity index (χ0v) is 13.7. The van der Waals surface area contributed by atoms with E-state index in [2.05, 4.69) is 28.3 Å². The average molecular weight is 323 g/mol. The Balaban J connectivity index is 1.70. The quantitative estimate of drug-likeness (QED) is 0.802. The number of benzene rings is 1. The second-order valence-electron chi connectivity index (χ2n) is 5.69. The number of ether oxygens (including phenoxy) is 1. The summed E-state index contributed by atoms with van der Waals surface area (Å²) in [5.74, 6) is 1.56. The Bertz CT molecular complexity index is 741. The minimum atomic E-state index is -0.148. The van der Waals surface area contributed by atoms with Gasteiger partial charge in [-0.2, -0.15) is 0 Å². The number of anilines is 1. The van der Waals surface area contributed by atoms with Crippen LogP contribution >= 0.6 is 0 Å². The summed E-state index contributed by atoms with van der Waals surface area (Å²) in [5.41, 5.74) is 3.05. The van der Waals surface area contributed by atoms with Crippen molar-refractivity contribution in [3.8, 4) is 5.75 Å². The lowest BCUT2D eigenvalue weighted by Gasteiger charge is -2.15. The van der Waals surface area contributed by atoms with E-state index < -0.39 is 0 Å². The van der Waals surface area contributed by atoms with Crippen LogP contribution in [-0.2, 0) is 6.42 Å². The third-order valence-corrected chi connectivity index (χ3v) is 4.20. The van der Waals surface area contributed by atoms with Crippen LogP contribution in [0.5, 0.6) is 5.75 Å². The van der Waals surface area contributed by atoms with Crippen molar-refractivity contribution in [3.63, 3.8) is 0 Å². The largest absolute Gasteiger partial charge is 0.496 e. The number of carbonyl (C=O) groups is 1. The van der Waals surface area contributed by atoms with Crippen LogP contribution in [0.3, 0.4) is 0 Å². The summed E-state index contributed by atoms with van der Waals surface area (Å²) in [5, 5.41) is 6.18. The Morgan fingerprint density at radius 1 is 1.42 bits per heavy atom. The standard InChI is InChI=1S/C19H21N3O2/c1-3-11-20-19(23)13-7-10-18(21-12-13)22-16-9-8-15-14(16)5-4-6-17(15)24-2/h3-7,10,12,16H,1,8-9,11H2,2H3,(H,20,23)(H,21,22). The van der Waals surface area contributed by atoms with E-state index >= 15 is 0 Å². The van der Waals surface area contributed by atoms with Crippen LogP contribution in [0.15, 0.2) is 49.2 Å².